The van der Waals surface area contributed by atoms with Gasteiger partial charge < -0.3 is 0 Å². The lowest BCUT2D eigenvalue weighted by molar-refractivity contribution is -0.131. The van der Waals surface area contributed by atoms with Crippen molar-refractivity contribution in [1.82, 2.24) is 9.80 Å². The Labute approximate surface area is 154 Å². The van der Waals surface area contributed by atoms with Crippen LogP contribution in [0.5, 0.6) is 0 Å². The van der Waals surface area contributed by atoms with Crippen molar-refractivity contribution in [2.24, 2.45) is 5.92 Å². The summed E-state index contributed by atoms with van der Waals surface area (Å²) >= 11 is 1.63. The summed E-state index contributed by atoms with van der Waals surface area (Å²) in [5.74, 6) is 1.51. The molecule has 0 aromatic heterocycles. The van der Waals surface area contributed by atoms with Crippen LogP contribution < -0.4 is 0 Å². The Morgan fingerprint density at radius 1 is 1.32 bits per heavy atom. The number of carbonyl (C=O) groups excluding carboxylic acids is 1. The van der Waals surface area contributed by atoms with Gasteiger partial charge >= 0.3 is 0 Å². The Balaban J connectivity index is 1.84. The molecule has 2 heterocycles. The number of hydrogen-bond acceptors (Lipinski definition) is 4. The molecule has 1 amide bonds. The van der Waals surface area contributed by atoms with Gasteiger partial charge in [-0.2, -0.15) is 5.26 Å². The topological polar surface area (TPSA) is 47.3 Å². The molecule has 1 fully saturated rings. The molecule has 25 heavy (non-hydrogen) atoms. The van der Waals surface area contributed by atoms with Crippen LogP contribution in [0.3, 0.4) is 0 Å². The van der Waals surface area contributed by atoms with Crippen molar-refractivity contribution in [3.8, 4) is 6.07 Å². The van der Waals surface area contributed by atoms with Gasteiger partial charge in [0.15, 0.2) is 0 Å². The van der Waals surface area contributed by atoms with Crippen molar-refractivity contribution in [3.63, 3.8) is 0 Å². The Morgan fingerprint density at radius 2 is 2.04 bits per heavy atom. The van der Waals surface area contributed by atoms with Gasteiger partial charge in [-0.15, -0.1) is 0 Å². The smallest absolute Gasteiger partial charge is 0.229 e. The normalized spacial score (nSPS) is 21.5. The molecule has 3 rings (SSSR count). The summed E-state index contributed by atoms with van der Waals surface area (Å²) in [6.45, 7) is 8.08. The van der Waals surface area contributed by atoms with E-state index in [1.807, 2.05) is 36.1 Å². The second kappa shape index (κ2) is 7.63. The monoisotopic (exact) mass is 355 g/mol. The van der Waals surface area contributed by atoms with E-state index in [9.17, 15) is 10.1 Å². The van der Waals surface area contributed by atoms with Crippen LogP contribution in [0.1, 0.15) is 43.7 Å². The SMILES string of the molecule is Cc1ccc([C@@H]2CC(=O)N3CN(CCC(C)C)CSC3=C2C#N)cc1. The Kier molecular flexibility index (Phi) is 5.51. The van der Waals surface area contributed by atoms with E-state index in [1.165, 1.54) is 5.56 Å². The van der Waals surface area contributed by atoms with Crippen molar-refractivity contribution in [3.05, 3.63) is 46.0 Å². The third kappa shape index (κ3) is 3.91. The van der Waals surface area contributed by atoms with Gasteiger partial charge in [0, 0.05) is 18.9 Å². The van der Waals surface area contributed by atoms with E-state index < -0.39 is 0 Å². The molecule has 0 aliphatic carbocycles. The maximum absolute atomic E-state index is 12.8. The fourth-order valence-electron chi connectivity index (χ4n) is 3.27. The first-order valence-corrected chi connectivity index (χ1v) is 9.84. The summed E-state index contributed by atoms with van der Waals surface area (Å²) in [6.07, 6.45) is 1.51. The molecule has 0 unspecified atom stereocenters. The van der Waals surface area contributed by atoms with Crippen molar-refractivity contribution in [1.29, 1.82) is 5.26 Å². The molecule has 2 aliphatic rings. The molecule has 0 saturated carbocycles. The molecule has 0 spiro atoms. The molecule has 0 bridgehead atoms. The molecular formula is C20H25N3OS. The fourth-order valence-corrected chi connectivity index (χ4v) is 4.45. The van der Waals surface area contributed by atoms with Gasteiger partial charge in [0.05, 0.1) is 29.2 Å². The van der Waals surface area contributed by atoms with Crippen molar-refractivity contribution < 1.29 is 4.79 Å². The largest absolute Gasteiger partial charge is 0.292 e. The van der Waals surface area contributed by atoms with Gasteiger partial charge in [-0.3, -0.25) is 14.6 Å². The molecule has 4 nitrogen and oxygen atoms in total. The Hall–Kier alpha value is -1.77. The number of rotatable bonds is 4. The predicted octanol–water partition coefficient (Wildman–Crippen LogP) is 4.06. The molecule has 132 valence electrons. The van der Waals surface area contributed by atoms with Crippen molar-refractivity contribution >= 4 is 17.7 Å². The summed E-state index contributed by atoms with van der Waals surface area (Å²) in [5.41, 5.74) is 2.99. The molecule has 1 saturated heterocycles. The van der Waals surface area contributed by atoms with E-state index in [-0.39, 0.29) is 11.8 Å². The van der Waals surface area contributed by atoms with Crippen LogP contribution in [-0.2, 0) is 4.79 Å². The van der Waals surface area contributed by atoms with Gasteiger partial charge in [-0.1, -0.05) is 55.4 Å². The number of benzene rings is 1. The standard InChI is InChI=1S/C20H25N3OS/c1-14(2)8-9-22-12-23-19(24)10-17(16-6-4-15(3)5-7-16)18(11-21)20(23)25-13-22/h4-7,14,17H,8-10,12-13H2,1-3H3/t17-/m0/s1. The molecule has 5 heteroatoms. The maximum Gasteiger partial charge on any atom is 0.229 e. The predicted molar refractivity (Wildman–Crippen MR) is 102 cm³/mol. The second-order valence-corrected chi connectivity index (χ2v) is 8.25. The first-order valence-electron chi connectivity index (χ1n) is 8.86. The summed E-state index contributed by atoms with van der Waals surface area (Å²) in [6, 6.07) is 10.6. The van der Waals surface area contributed by atoms with E-state index in [0.29, 0.717) is 19.0 Å². The molecule has 1 aromatic carbocycles. The third-order valence-corrected chi connectivity index (χ3v) is 6.06. The number of amides is 1. The number of hydrogen-bond donors (Lipinski definition) is 0. The van der Waals surface area contributed by atoms with Crippen molar-refractivity contribution in [2.75, 3.05) is 19.1 Å². The third-order valence-electron chi connectivity index (χ3n) is 4.85. The molecule has 2 aliphatic heterocycles. The fraction of sp³-hybridized carbons (Fsp3) is 0.500. The summed E-state index contributed by atoms with van der Waals surface area (Å²) in [4.78, 5) is 16.9. The Bertz CT molecular complexity index is 717. The lowest BCUT2D eigenvalue weighted by atomic mass is 9.86. The first-order chi connectivity index (χ1) is 12.0. The first kappa shape index (κ1) is 18.0. The highest BCUT2D eigenvalue weighted by atomic mass is 32.2. The maximum atomic E-state index is 12.8. The molecule has 1 aromatic rings. The van der Waals surface area contributed by atoms with E-state index in [1.54, 1.807) is 11.8 Å². The number of fused-ring (bicyclic) bond motifs is 1. The number of allylic oxidation sites excluding steroid dienone is 1. The van der Waals surface area contributed by atoms with E-state index in [2.05, 4.69) is 24.8 Å². The quantitative estimate of drug-likeness (QED) is 0.817. The average Bonchev–Trinajstić information content (AvgIpc) is 2.60. The van der Waals surface area contributed by atoms with Crippen LogP contribution in [0.4, 0.5) is 0 Å². The zero-order valence-electron chi connectivity index (χ0n) is 15.2. The second-order valence-electron chi connectivity index (χ2n) is 7.31. The van der Waals surface area contributed by atoms with Crippen LogP contribution >= 0.6 is 11.8 Å². The van der Waals surface area contributed by atoms with Gasteiger partial charge in [0.1, 0.15) is 0 Å². The number of aryl methyl sites for hydroxylation is 1. The lowest BCUT2D eigenvalue weighted by Gasteiger charge is -2.41. The minimum atomic E-state index is -0.112. The summed E-state index contributed by atoms with van der Waals surface area (Å²) in [5, 5.41) is 10.6. The number of nitriles is 1. The highest BCUT2D eigenvalue weighted by Gasteiger charge is 2.38. The highest BCUT2D eigenvalue weighted by Crippen LogP contribution is 2.42. The van der Waals surface area contributed by atoms with Crippen LogP contribution in [0, 0.1) is 24.2 Å². The van der Waals surface area contributed by atoms with Crippen LogP contribution in [0.2, 0.25) is 0 Å². The summed E-state index contributed by atoms with van der Waals surface area (Å²) < 4.78 is 0. The number of thioether (sulfide) groups is 1. The molecular weight excluding hydrogens is 330 g/mol. The van der Waals surface area contributed by atoms with Crippen LogP contribution in [0.15, 0.2) is 34.9 Å². The lowest BCUT2D eigenvalue weighted by Crippen LogP contribution is -2.47. The Morgan fingerprint density at radius 3 is 2.68 bits per heavy atom. The van der Waals surface area contributed by atoms with Crippen LogP contribution in [-0.4, -0.2) is 34.8 Å². The minimum Gasteiger partial charge on any atom is -0.292 e. The van der Waals surface area contributed by atoms with Crippen molar-refractivity contribution in [2.45, 2.75) is 39.5 Å². The minimum absolute atomic E-state index is 0.112. The zero-order valence-corrected chi connectivity index (χ0v) is 16.0. The van der Waals surface area contributed by atoms with Crippen LogP contribution in [0.25, 0.3) is 0 Å². The molecule has 0 N–H and O–H groups in total. The van der Waals surface area contributed by atoms with Gasteiger partial charge in [-0.05, 0) is 24.8 Å². The molecule has 0 radical (unpaired) electrons. The van der Waals surface area contributed by atoms with E-state index >= 15 is 0 Å². The van der Waals surface area contributed by atoms with E-state index in [4.69, 9.17) is 0 Å². The zero-order chi connectivity index (χ0) is 18.0. The number of carbonyl (C=O) groups is 1. The van der Waals surface area contributed by atoms with Gasteiger partial charge in [0.25, 0.3) is 0 Å². The van der Waals surface area contributed by atoms with Gasteiger partial charge in [0.2, 0.25) is 5.91 Å². The number of nitrogens with zero attached hydrogens (tertiary/aromatic N) is 3. The average molecular weight is 356 g/mol. The highest BCUT2D eigenvalue weighted by molar-refractivity contribution is 8.03. The van der Waals surface area contributed by atoms with Gasteiger partial charge in [-0.25, -0.2) is 0 Å². The summed E-state index contributed by atoms with van der Waals surface area (Å²) in [7, 11) is 0. The molecule has 1 atom stereocenters. The van der Waals surface area contributed by atoms with E-state index in [0.717, 1.165) is 35.0 Å².